The third-order valence-electron chi connectivity index (χ3n) is 2.53. The fraction of sp³-hybridized carbons (Fsp3) is 0.600. The summed E-state index contributed by atoms with van der Waals surface area (Å²) in [5.41, 5.74) is 0. The van der Waals surface area contributed by atoms with Gasteiger partial charge in [0, 0.05) is 31.5 Å². The predicted molar refractivity (Wildman–Crippen MR) is 56.4 cm³/mol. The van der Waals surface area contributed by atoms with Gasteiger partial charge in [0.15, 0.2) is 0 Å². The van der Waals surface area contributed by atoms with E-state index in [2.05, 4.69) is 10.4 Å². The molecule has 0 saturated carbocycles. The summed E-state index contributed by atoms with van der Waals surface area (Å²) in [6, 6.07) is 2.03. The quantitative estimate of drug-likeness (QED) is 0.794. The molecule has 0 unspecified atom stereocenters. The minimum atomic E-state index is 0.0425. The zero-order valence-corrected chi connectivity index (χ0v) is 8.89. The van der Waals surface area contributed by atoms with Crippen molar-refractivity contribution in [2.75, 3.05) is 13.1 Å². The molecule has 2 heterocycles. The number of hydrogen-bond donors (Lipinski definition) is 1. The van der Waals surface area contributed by atoms with E-state index < -0.39 is 0 Å². The Labute approximate surface area is 89.1 Å². The van der Waals surface area contributed by atoms with Crippen molar-refractivity contribution in [3.63, 3.8) is 0 Å². The van der Waals surface area contributed by atoms with Gasteiger partial charge in [-0.25, -0.2) is 4.79 Å². The SMILES string of the molecule is C[C@@H](Cn1cccn1)NC(=O)N1CCC1. The van der Waals surface area contributed by atoms with Gasteiger partial charge in [0.1, 0.15) is 0 Å². The molecule has 82 valence electrons. The Hall–Kier alpha value is -1.52. The number of amides is 2. The first-order valence-electron chi connectivity index (χ1n) is 5.28. The molecule has 1 atom stereocenters. The van der Waals surface area contributed by atoms with Crippen LogP contribution in [0, 0.1) is 0 Å². The van der Waals surface area contributed by atoms with Gasteiger partial charge in [-0.3, -0.25) is 4.68 Å². The molecule has 0 bridgehead atoms. The minimum Gasteiger partial charge on any atom is -0.334 e. The molecule has 15 heavy (non-hydrogen) atoms. The van der Waals surface area contributed by atoms with Crippen LogP contribution < -0.4 is 5.32 Å². The minimum absolute atomic E-state index is 0.0425. The van der Waals surface area contributed by atoms with Crippen LogP contribution in [-0.2, 0) is 6.54 Å². The standard InChI is InChI=1S/C10H16N4O/c1-9(8-14-7-2-4-11-14)12-10(15)13-5-3-6-13/h2,4,7,9H,3,5-6,8H2,1H3,(H,12,15)/t9-/m0/s1. The molecular formula is C10H16N4O. The highest BCUT2D eigenvalue weighted by atomic mass is 16.2. The molecule has 1 aliphatic rings. The summed E-state index contributed by atoms with van der Waals surface area (Å²) in [5, 5.41) is 7.04. The van der Waals surface area contributed by atoms with Crippen LogP contribution in [0.5, 0.6) is 0 Å². The zero-order valence-electron chi connectivity index (χ0n) is 8.89. The lowest BCUT2D eigenvalue weighted by Gasteiger charge is -2.32. The third-order valence-corrected chi connectivity index (χ3v) is 2.53. The monoisotopic (exact) mass is 208 g/mol. The molecular weight excluding hydrogens is 192 g/mol. The maximum Gasteiger partial charge on any atom is 0.317 e. The molecule has 1 aliphatic heterocycles. The van der Waals surface area contributed by atoms with Crippen LogP contribution in [0.2, 0.25) is 0 Å². The lowest BCUT2D eigenvalue weighted by Crippen LogP contribution is -2.50. The Balaban J connectivity index is 1.76. The summed E-state index contributed by atoms with van der Waals surface area (Å²) in [6.07, 6.45) is 4.76. The number of aromatic nitrogens is 2. The number of urea groups is 1. The highest BCUT2D eigenvalue weighted by Gasteiger charge is 2.21. The van der Waals surface area contributed by atoms with Crippen molar-refractivity contribution < 1.29 is 4.79 Å². The van der Waals surface area contributed by atoms with Crippen LogP contribution in [0.25, 0.3) is 0 Å². The van der Waals surface area contributed by atoms with E-state index in [9.17, 15) is 4.79 Å². The molecule has 1 N–H and O–H groups in total. The van der Waals surface area contributed by atoms with Crippen molar-refractivity contribution >= 4 is 6.03 Å². The molecule has 2 rings (SSSR count). The Morgan fingerprint density at radius 1 is 1.60 bits per heavy atom. The van der Waals surface area contributed by atoms with Crippen LogP contribution in [0.1, 0.15) is 13.3 Å². The van der Waals surface area contributed by atoms with Crippen LogP contribution in [-0.4, -0.2) is 39.8 Å². The molecule has 0 spiro atoms. The van der Waals surface area contributed by atoms with E-state index in [0.29, 0.717) is 6.54 Å². The second kappa shape index (κ2) is 4.33. The topological polar surface area (TPSA) is 50.2 Å². The Morgan fingerprint density at radius 3 is 2.93 bits per heavy atom. The number of carbonyl (C=O) groups is 1. The fourth-order valence-corrected chi connectivity index (χ4v) is 1.56. The average Bonchev–Trinajstić information content (AvgIpc) is 2.52. The van der Waals surface area contributed by atoms with Crippen LogP contribution >= 0.6 is 0 Å². The van der Waals surface area contributed by atoms with Gasteiger partial charge in [0.25, 0.3) is 0 Å². The zero-order chi connectivity index (χ0) is 10.7. The predicted octanol–water partition coefficient (Wildman–Crippen LogP) is 0.687. The van der Waals surface area contributed by atoms with Crippen molar-refractivity contribution in [3.8, 4) is 0 Å². The van der Waals surface area contributed by atoms with E-state index in [1.54, 1.807) is 6.20 Å². The molecule has 1 aromatic heterocycles. The van der Waals surface area contributed by atoms with Gasteiger partial charge in [-0.15, -0.1) is 0 Å². The van der Waals surface area contributed by atoms with E-state index in [-0.39, 0.29) is 12.1 Å². The van der Waals surface area contributed by atoms with E-state index >= 15 is 0 Å². The van der Waals surface area contributed by atoms with Crippen LogP contribution in [0.15, 0.2) is 18.5 Å². The normalized spacial score (nSPS) is 17.0. The lowest BCUT2D eigenvalue weighted by atomic mass is 10.2. The molecule has 5 nitrogen and oxygen atoms in total. The molecule has 1 aromatic rings. The summed E-state index contributed by atoms with van der Waals surface area (Å²) < 4.78 is 1.82. The van der Waals surface area contributed by atoms with E-state index in [1.807, 2.05) is 28.8 Å². The first-order valence-corrected chi connectivity index (χ1v) is 5.28. The van der Waals surface area contributed by atoms with Crippen molar-refractivity contribution in [3.05, 3.63) is 18.5 Å². The Morgan fingerprint density at radius 2 is 2.40 bits per heavy atom. The molecule has 5 heteroatoms. The number of nitrogens with one attached hydrogen (secondary N) is 1. The summed E-state index contributed by atoms with van der Waals surface area (Å²) in [6.45, 7) is 4.48. The maximum absolute atomic E-state index is 11.5. The highest BCUT2D eigenvalue weighted by molar-refractivity contribution is 5.75. The van der Waals surface area contributed by atoms with Crippen LogP contribution in [0.3, 0.4) is 0 Å². The largest absolute Gasteiger partial charge is 0.334 e. The number of rotatable bonds is 3. The van der Waals surface area contributed by atoms with Crippen molar-refractivity contribution in [2.45, 2.75) is 25.9 Å². The van der Waals surface area contributed by atoms with Gasteiger partial charge in [0.2, 0.25) is 0 Å². The van der Waals surface area contributed by atoms with E-state index in [0.717, 1.165) is 19.5 Å². The van der Waals surface area contributed by atoms with Gasteiger partial charge in [0.05, 0.1) is 6.54 Å². The molecule has 1 saturated heterocycles. The summed E-state index contributed by atoms with van der Waals surface area (Å²) in [7, 11) is 0. The lowest BCUT2D eigenvalue weighted by molar-refractivity contribution is 0.163. The highest BCUT2D eigenvalue weighted by Crippen LogP contribution is 2.05. The maximum atomic E-state index is 11.5. The van der Waals surface area contributed by atoms with Crippen LogP contribution in [0.4, 0.5) is 4.79 Å². The molecule has 1 fully saturated rings. The number of hydrogen-bond acceptors (Lipinski definition) is 2. The first kappa shape index (κ1) is 10.0. The molecule has 0 aliphatic carbocycles. The summed E-state index contributed by atoms with van der Waals surface area (Å²) >= 11 is 0. The molecule has 2 amide bonds. The smallest absolute Gasteiger partial charge is 0.317 e. The number of carbonyl (C=O) groups excluding carboxylic acids is 1. The summed E-state index contributed by atoms with van der Waals surface area (Å²) in [5.74, 6) is 0. The Kier molecular flexibility index (Phi) is 2.89. The van der Waals surface area contributed by atoms with Gasteiger partial charge < -0.3 is 10.2 Å². The summed E-state index contributed by atoms with van der Waals surface area (Å²) in [4.78, 5) is 13.4. The van der Waals surface area contributed by atoms with Crippen molar-refractivity contribution in [2.24, 2.45) is 0 Å². The van der Waals surface area contributed by atoms with E-state index in [1.165, 1.54) is 0 Å². The molecule has 0 aromatic carbocycles. The van der Waals surface area contributed by atoms with Gasteiger partial charge in [-0.1, -0.05) is 0 Å². The fourth-order valence-electron chi connectivity index (χ4n) is 1.56. The average molecular weight is 208 g/mol. The number of nitrogens with zero attached hydrogens (tertiary/aromatic N) is 3. The van der Waals surface area contributed by atoms with Gasteiger partial charge in [-0.05, 0) is 19.4 Å². The van der Waals surface area contributed by atoms with Crippen molar-refractivity contribution in [1.82, 2.24) is 20.0 Å². The second-order valence-electron chi connectivity index (χ2n) is 3.92. The first-order chi connectivity index (χ1) is 7.25. The van der Waals surface area contributed by atoms with Crippen molar-refractivity contribution in [1.29, 1.82) is 0 Å². The number of likely N-dealkylation sites (tertiary alicyclic amines) is 1. The molecule has 0 radical (unpaired) electrons. The third kappa shape index (κ3) is 2.49. The Bertz CT molecular complexity index is 318. The van der Waals surface area contributed by atoms with Gasteiger partial charge >= 0.3 is 6.03 Å². The second-order valence-corrected chi connectivity index (χ2v) is 3.92. The van der Waals surface area contributed by atoms with Gasteiger partial charge in [-0.2, -0.15) is 5.10 Å². The van der Waals surface area contributed by atoms with E-state index in [4.69, 9.17) is 0 Å².